The molecule has 1 aliphatic rings. The minimum absolute atomic E-state index is 0.465. The van der Waals surface area contributed by atoms with Gasteiger partial charge in [0.1, 0.15) is 5.01 Å². The van der Waals surface area contributed by atoms with Gasteiger partial charge in [0.25, 0.3) is 0 Å². The van der Waals surface area contributed by atoms with E-state index in [9.17, 15) is 0 Å². The molecule has 0 amide bonds. The highest BCUT2D eigenvalue weighted by molar-refractivity contribution is 7.13. The number of rotatable bonds is 2. The Bertz CT molecular complexity index is 460. The van der Waals surface area contributed by atoms with Crippen molar-refractivity contribution in [1.29, 1.82) is 0 Å². The van der Waals surface area contributed by atoms with Crippen molar-refractivity contribution in [3.8, 4) is 10.6 Å². The van der Waals surface area contributed by atoms with Gasteiger partial charge in [0.15, 0.2) is 0 Å². The van der Waals surface area contributed by atoms with E-state index in [0.717, 1.165) is 17.1 Å². The Morgan fingerprint density at radius 3 is 2.94 bits per heavy atom. The Kier molecular flexibility index (Phi) is 2.68. The first-order chi connectivity index (χ1) is 7.93. The molecule has 82 valence electrons. The minimum Gasteiger partial charge on any atom is -0.309 e. The summed E-state index contributed by atoms with van der Waals surface area (Å²) in [7, 11) is 0. The van der Waals surface area contributed by atoms with Crippen LogP contribution in [0.5, 0.6) is 0 Å². The second-order valence-corrected chi connectivity index (χ2v) is 4.82. The fourth-order valence-electron chi connectivity index (χ4n) is 2.01. The van der Waals surface area contributed by atoms with Crippen LogP contribution in [0.15, 0.2) is 29.9 Å². The highest BCUT2D eigenvalue weighted by Gasteiger charge is 2.18. The Morgan fingerprint density at radius 1 is 1.31 bits per heavy atom. The molecule has 0 radical (unpaired) electrons. The van der Waals surface area contributed by atoms with Crippen molar-refractivity contribution >= 4 is 11.3 Å². The van der Waals surface area contributed by atoms with Gasteiger partial charge >= 0.3 is 0 Å². The number of aromatic nitrogens is 2. The van der Waals surface area contributed by atoms with Crippen molar-refractivity contribution in [1.82, 2.24) is 15.3 Å². The van der Waals surface area contributed by atoms with E-state index < -0.39 is 0 Å². The van der Waals surface area contributed by atoms with E-state index in [-0.39, 0.29) is 0 Å². The Balaban J connectivity index is 1.87. The third-order valence-electron chi connectivity index (χ3n) is 2.87. The highest BCUT2D eigenvalue weighted by Crippen LogP contribution is 2.29. The lowest BCUT2D eigenvalue weighted by atomic mass is 10.2. The molecule has 1 N–H and O–H groups in total. The van der Waals surface area contributed by atoms with Gasteiger partial charge in [0.05, 0.1) is 11.7 Å². The molecule has 1 atom stereocenters. The predicted octanol–water partition coefficient (Wildman–Crippen LogP) is 2.63. The molecule has 1 aliphatic heterocycles. The molecule has 16 heavy (non-hydrogen) atoms. The van der Waals surface area contributed by atoms with Gasteiger partial charge in [-0.25, -0.2) is 4.98 Å². The fourth-order valence-corrected chi connectivity index (χ4v) is 2.89. The molecule has 0 bridgehead atoms. The molecule has 0 spiro atoms. The van der Waals surface area contributed by atoms with E-state index in [1.807, 2.05) is 24.5 Å². The van der Waals surface area contributed by atoms with Gasteiger partial charge in [-0.05, 0) is 31.5 Å². The highest BCUT2D eigenvalue weighted by atomic mass is 32.1. The first kappa shape index (κ1) is 9.93. The first-order valence-electron chi connectivity index (χ1n) is 5.53. The standard InChI is InChI=1S/C12H13N3S/c1-2-10(14-5-1)11-8-16-12(15-11)9-3-6-13-7-4-9/h3-4,6-8,10,14H,1-2,5H2. The molecule has 3 nitrogen and oxygen atoms in total. The molecular weight excluding hydrogens is 218 g/mol. The third-order valence-corrected chi connectivity index (χ3v) is 3.78. The third kappa shape index (κ3) is 1.86. The fraction of sp³-hybridized carbons (Fsp3) is 0.333. The molecule has 0 aromatic carbocycles. The van der Waals surface area contributed by atoms with Crippen LogP contribution in [-0.2, 0) is 0 Å². The molecule has 1 saturated heterocycles. The maximum Gasteiger partial charge on any atom is 0.123 e. The van der Waals surface area contributed by atoms with Gasteiger partial charge in [0.2, 0.25) is 0 Å². The van der Waals surface area contributed by atoms with Crippen LogP contribution in [0.3, 0.4) is 0 Å². The average molecular weight is 231 g/mol. The van der Waals surface area contributed by atoms with Crippen molar-refractivity contribution in [3.05, 3.63) is 35.6 Å². The molecule has 0 saturated carbocycles. The number of hydrogen-bond acceptors (Lipinski definition) is 4. The van der Waals surface area contributed by atoms with Gasteiger partial charge < -0.3 is 5.32 Å². The quantitative estimate of drug-likeness (QED) is 0.863. The van der Waals surface area contributed by atoms with Crippen LogP contribution in [0.2, 0.25) is 0 Å². The van der Waals surface area contributed by atoms with E-state index in [2.05, 4.69) is 15.7 Å². The lowest BCUT2D eigenvalue weighted by Gasteiger charge is -2.04. The van der Waals surface area contributed by atoms with Crippen LogP contribution < -0.4 is 5.32 Å². The molecule has 0 aliphatic carbocycles. The van der Waals surface area contributed by atoms with Crippen LogP contribution in [0.25, 0.3) is 10.6 Å². The second-order valence-electron chi connectivity index (χ2n) is 3.96. The topological polar surface area (TPSA) is 37.8 Å². The number of hydrogen-bond donors (Lipinski definition) is 1. The normalized spacial score (nSPS) is 20.1. The summed E-state index contributed by atoms with van der Waals surface area (Å²) in [4.78, 5) is 8.71. The Labute approximate surface area is 98.6 Å². The first-order valence-corrected chi connectivity index (χ1v) is 6.40. The van der Waals surface area contributed by atoms with Crippen LogP contribution in [-0.4, -0.2) is 16.5 Å². The monoisotopic (exact) mass is 231 g/mol. The smallest absolute Gasteiger partial charge is 0.123 e. The minimum atomic E-state index is 0.465. The summed E-state index contributed by atoms with van der Waals surface area (Å²) in [5, 5.41) is 6.72. The lowest BCUT2D eigenvalue weighted by Crippen LogP contribution is -2.12. The largest absolute Gasteiger partial charge is 0.309 e. The summed E-state index contributed by atoms with van der Waals surface area (Å²) in [6.45, 7) is 1.12. The molecule has 1 fully saturated rings. The zero-order valence-corrected chi connectivity index (χ0v) is 9.70. The van der Waals surface area contributed by atoms with E-state index >= 15 is 0 Å². The molecule has 2 aromatic heterocycles. The maximum atomic E-state index is 4.69. The number of thiazole rings is 1. The zero-order valence-electron chi connectivity index (χ0n) is 8.89. The molecular formula is C12H13N3S. The van der Waals surface area contributed by atoms with Crippen molar-refractivity contribution in [2.24, 2.45) is 0 Å². The maximum absolute atomic E-state index is 4.69. The van der Waals surface area contributed by atoms with Gasteiger partial charge in [-0.2, -0.15) is 0 Å². The van der Waals surface area contributed by atoms with Gasteiger partial charge in [-0.3, -0.25) is 4.98 Å². The van der Waals surface area contributed by atoms with Crippen molar-refractivity contribution in [3.63, 3.8) is 0 Å². The van der Waals surface area contributed by atoms with E-state index in [1.54, 1.807) is 11.3 Å². The van der Waals surface area contributed by atoms with Gasteiger partial charge in [0, 0.05) is 23.3 Å². The van der Waals surface area contributed by atoms with Crippen LogP contribution in [0, 0.1) is 0 Å². The van der Waals surface area contributed by atoms with E-state index in [4.69, 9.17) is 4.98 Å². The number of nitrogens with one attached hydrogen (secondary N) is 1. The van der Waals surface area contributed by atoms with Crippen LogP contribution >= 0.6 is 11.3 Å². The number of nitrogens with zero attached hydrogens (tertiary/aromatic N) is 2. The summed E-state index contributed by atoms with van der Waals surface area (Å²) in [5.74, 6) is 0. The van der Waals surface area contributed by atoms with Crippen molar-refractivity contribution in [2.45, 2.75) is 18.9 Å². The molecule has 2 aromatic rings. The van der Waals surface area contributed by atoms with Crippen LogP contribution in [0.1, 0.15) is 24.6 Å². The summed E-state index contributed by atoms with van der Waals surface area (Å²) >= 11 is 1.71. The summed E-state index contributed by atoms with van der Waals surface area (Å²) in [6, 6.07) is 4.47. The molecule has 1 unspecified atom stereocenters. The summed E-state index contributed by atoms with van der Waals surface area (Å²) in [6.07, 6.45) is 6.08. The lowest BCUT2D eigenvalue weighted by molar-refractivity contribution is 0.632. The zero-order chi connectivity index (χ0) is 10.8. The van der Waals surface area contributed by atoms with Crippen LogP contribution in [0.4, 0.5) is 0 Å². The van der Waals surface area contributed by atoms with E-state index in [0.29, 0.717) is 6.04 Å². The predicted molar refractivity (Wildman–Crippen MR) is 65.3 cm³/mol. The van der Waals surface area contributed by atoms with Gasteiger partial charge in [-0.15, -0.1) is 11.3 Å². The van der Waals surface area contributed by atoms with Crippen molar-refractivity contribution in [2.75, 3.05) is 6.54 Å². The summed E-state index contributed by atoms with van der Waals surface area (Å²) < 4.78 is 0. The SMILES string of the molecule is c1cc(-c2nc(C3CCCN3)cs2)ccn1. The molecule has 4 heteroatoms. The average Bonchev–Trinajstić information content (AvgIpc) is 3.01. The van der Waals surface area contributed by atoms with E-state index in [1.165, 1.54) is 18.5 Å². The summed E-state index contributed by atoms with van der Waals surface area (Å²) in [5.41, 5.74) is 2.35. The number of pyridine rings is 1. The molecule has 3 heterocycles. The second kappa shape index (κ2) is 4.31. The molecule has 3 rings (SSSR count). The Morgan fingerprint density at radius 2 is 2.19 bits per heavy atom. The Hall–Kier alpha value is -1.26. The van der Waals surface area contributed by atoms with Crippen molar-refractivity contribution < 1.29 is 0 Å². The van der Waals surface area contributed by atoms with Gasteiger partial charge in [-0.1, -0.05) is 0 Å².